The van der Waals surface area contributed by atoms with Crippen LogP contribution in [0.5, 0.6) is 17.2 Å². The Bertz CT molecular complexity index is 957. The molecule has 2 aromatic carbocycles. The lowest BCUT2D eigenvalue weighted by Gasteiger charge is -2.09. The second-order valence-corrected chi connectivity index (χ2v) is 5.87. The summed E-state index contributed by atoms with van der Waals surface area (Å²) in [6.07, 6.45) is 3.22. The maximum atomic E-state index is 12.8. The zero-order valence-electron chi connectivity index (χ0n) is 15.7. The molecule has 1 aliphatic rings. The number of esters is 1. The molecule has 1 heterocycles. The number of ether oxygens (including phenoxy) is 4. The van der Waals surface area contributed by atoms with Crippen LogP contribution in [0.1, 0.15) is 33.2 Å². The molecule has 2 aromatic rings. The van der Waals surface area contributed by atoms with Crippen molar-refractivity contribution in [2.24, 2.45) is 0 Å². The minimum atomic E-state index is -0.483. The lowest BCUT2D eigenvalue weighted by Crippen LogP contribution is -2.05. The van der Waals surface area contributed by atoms with Gasteiger partial charge in [0.2, 0.25) is 5.78 Å². The molecule has 6 nitrogen and oxygen atoms in total. The molecule has 0 saturated carbocycles. The van der Waals surface area contributed by atoms with E-state index in [-0.39, 0.29) is 18.1 Å². The first-order chi connectivity index (χ1) is 13.6. The van der Waals surface area contributed by atoms with Crippen LogP contribution in [0.25, 0.3) is 6.08 Å². The van der Waals surface area contributed by atoms with Gasteiger partial charge in [0.15, 0.2) is 5.76 Å². The van der Waals surface area contributed by atoms with Gasteiger partial charge in [0.25, 0.3) is 0 Å². The van der Waals surface area contributed by atoms with E-state index in [1.54, 1.807) is 56.5 Å². The molecule has 0 aromatic heterocycles. The number of benzene rings is 2. The fraction of sp³-hybridized carbons (Fsp3) is 0.182. The summed E-state index contributed by atoms with van der Waals surface area (Å²) < 4.78 is 21.6. The summed E-state index contributed by atoms with van der Waals surface area (Å²) in [4.78, 5) is 24.7. The van der Waals surface area contributed by atoms with Crippen molar-refractivity contribution in [1.29, 1.82) is 0 Å². The molecule has 0 amide bonds. The molecule has 0 bridgehead atoms. The summed E-state index contributed by atoms with van der Waals surface area (Å²) in [6.45, 7) is 5.94. The molecule has 3 rings (SSSR count). The van der Waals surface area contributed by atoms with E-state index in [9.17, 15) is 9.59 Å². The second kappa shape index (κ2) is 8.43. The van der Waals surface area contributed by atoms with E-state index in [2.05, 4.69) is 6.58 Å². The Morgan fingerprint density at radius 3 is 2.75 bits per heavy atom. The number of methoxy groups -OCH3 is 1. The average molecular weight is 380 g/mol. The molecule has 0 saturated heterocycles. The standard InChI is InChI=1S/C22H20O6/c1-4-10-27-18-9-7-16(25-3)11-15(18)13-20-21(23)17-12-14(22(24)26-5-2)6-8-19(17)28-20/h4,6-9,11-13H,1,5,10H2,2-3H3. The first-order valence-corrected chi connectivity index (χ1v) is 8.74. The molecule has 0 unspecified atom stereocenters. The molecule has 0 atom stereocenters. The van der Waals surface area contributed by atoms with E-state index in [0.29, 0.717) is 40.5 Å². The molecule has 0 spiro atoms. The van der Waals surface area contributed by atoms with Gasteiger partial charge in [-0.05, 0) is 49.4 Å². The monoisotopic (exact) mass is 380 g/mol. The van der Waals surface area contributed by atoms with Crippen LogP contribution in [0.4, 0.5) is 0 Å². The molecule has 0 N–H and O–H groups in total. The molecule has 28 heavy (non-hydrogen) atoms. The second-order valence-electron chi connectivity index (χ2n) is 5.87. The number of Topliss-reactive ketones (excluding diaryl/α,β-unsaturated/α-hetero) is 1. The predicted molar refractivity (Wildman–Crippen MR) is 104 cm³/mol. The Morgan fingerprint density at radius 2 is 2.04 bits per heavy atom. The predicted octanol–water partition coefficient (Wildman–Crippen LogP) is 4.05. The first-order valence-electron chi connectivity index (χ1n) is 8.74. The maximum Gasteiger partial charge on any atom is 0.338 e. The van der Waals surface area contributed by atoms with Crippen molar-refractivity contribution >= 4 is 17.8 Å². The van der Waals surface area contributed by atoms with Gasteiger partial charge < -0.3 is 18.9 Å². The highest BCUT2D eigenvalue weighted by atomic mass is 16.5. The van der Waals surface area contributed by atoms with E-state index < -0.39 is 5.97 Å². The van der Waals surface area contributed by atoms with Gasteiger partial charge in [-0.25, -0.2) is 4.79 Å². The van der Waals surface area contributed by atoms with Crippen molar-refractivity contribution < 1.29 is 28.5 Å². The molecule has 144 valence electrons. The van der Waals surface area contributed by atoms with Crippen molar-refractivity contribution in [3.8, 4) is 17.2 Å². The van der Waals surface area contributed by atoms with Crippen LogP contribution in [0.15, 0.2) is 54.8 Å². The van der Waals surface area contributed by atoms with Crippen molar-refractivity contribution in [2.45, 2.75) is 6.92 Å². The summed E-state index contributed by atoms with van der Waals surface area (Å²) in [5, 5.41) is 0. The average Bonchev–Trinajstić information content (AvgIpc) is 3.02. The number of allylic oxidation sites excluding steroid dienone is 1. The zero-order valence-corrected chi connectivity index (χ0v) is 15.7. The summed E-state index contributed by atoms with van der Waals surface area (Å²) in [6, 6.07) is 9.89. The van der Waals surface area contributed by atoms with Gasteiger partial charge >= 0.3 is 5.97 Å². The third kappa shape index (κ3) is 3.91. The van der Waals surface area contributed by atoms with Crippen LogP contribution >= 0.6 is 0 Å². The highest BCUT2D eigenvalue weighted by molar-refractivity contribution is 6.15. The van der Waals surface area contributed by atoms with Gasteiger partial charge in [-0.1, -0.05) is 12.7 Å². The first kappa shape index (κ1) is 19.2. The van der Waals surface area contributed by atoms with Crippen LogP contribution in [0.3, 0.4) is 0 Å². The molecular weight excluding hydrogens is 360 g/mol. The Labute approximate surface area is 163 Å². The van der Waals surface area contributed by atoms with E-state index in [4.69, 9.17) is 18.9 Å². The van der Waals surface area contributed by atoms with Crippen LogP contribution < -0.4 is 14.2 Å². The molecule has 0 aliphatic carbocycles. The fourth-order valence-corrected chi connectivity index (χ4v) is 2.72. The summed E-state index contributed by atoms with van der Waals surface area (Å²) >= 11 is 0. The lowest BCUT2D eigenvalue weighted by molar-refractivity contribution is 0.0526. The Hall–Kier alpha value is -3.54. The van der Waals surface area contributed by atoms with Crippen LogP contribution in [0.2, 0.25) is 0 Å². The smallest absolute Gasteiger partial charge is 0.338 e. The normalized spacial score (nSPS) is 13.6. The molecule has 0 radical (unpaired) electrons. The lowest BCUT2D eigenvalue weighted by atomic mass is 10.1. The number of ketones is 1. The molecule has 1 aliphatic heterocycles. The van der Waals surface area contributed by atoms with Gasteiger partial charge in [0, 0.05) is 5.56 Å². The maximum absolute atomic E-state index is 12.8. The van der Waals surface area contributed by atoms with E-state index in [1.807, 2.05) is 0 Å². The SMILES string of the molecule is C=CCOc1ccc(OC)cc1C=C1Oc2ccc(C(=O)OCC)cc2C1=O. The van der Waals surface area contributed by atoms with Gasteiger partial charge in [-0.3, -0.25) is 4.79 Å². The van der Waals surface area contributed by atoms with Gasteiger partial charge in [0.05, 0.1) is 24.8 Å². The highest BCUT2D eigenvalue weighted by Crippen LogP contribution is 2.34. The number of fused-ring (bicyclic) bond motifs is 1. The summed E-state index contributed by atoms with van der Waals surface area (Å²) in [5.74, 6) is 0.897. The minimum absolute atomic E-state index is 0.132. The molecular formula is C22H20O6. The zero-order chi connectivity index (χ0) is 20.1. The summed E-state index contributed by atoms with van der Waals surface area (Å²) in [5.41, 5.74) is 1.24. The van der Waals surface area contributed by atoms with Crippen LogP contribution in [0, 0.1) is 0 Å². The minimum Gasteiger partial charge on any atom is -0.497 e. The fourth-order valence-electron chi connectivity index (χ4n) is 2.72. The number of hydrogen-bond acceptors (Lipinski definition) is 6. The van der Waals surface area contributed by atoms with E-state index >= 15 is 0 Å². The number of carbonyl (C=O) groups is 2. The third-order valence-electron chi connectivity index (χ3n) is 4.04. The van der Waals surface area contributed by atoms with Crippen LogP contribution in [-0.4, -0.2) is 32.1 Å². The molecule has 0 fully saturated rings. The van der Waals surface area contributed by atoms with E-state index in [0.717, 1.165) is 0 Å². The third-order valence-corrected chi connectivity index (χ3v) is 4.04. The highest BCUT2D eigenvalue weighted by Gasteiger charge is 2.29. The van der Waals surface area contributed by atoms with Crippen molar-refractivity contribution in [1.82, 2.24) is 0 Å². The van der Waals surface area contributed by atoms with Gasteiger partial charge in [-0.2, -0.15) is 0 Å². The largest absolute Gasteiger partial charge is 0.497 e. The van der Waals surface area contributed by atoms with Gasteiger partial charge in [-0.15, -0.1) is 0 Å². The molecule has 6 heteroatoms. The van der Waals surface area contributed by atoms with Gasteiger partial charge in [0.1, 0.15) is 23.9 Å². The number of rotatable bonds is 7. The van der Waals surface area contributed by atoms with Crippen molar-refractivity contribution in [2.75, 3.05) is 20.3 Å². The Kier molecular flexibility index (Phi) is 5.79. The Balaban J connectivity index is 1.94. The topological polar surface area (TPSA) is 71.1 Å². The van der Waals surface area contributed by atoms with Crippen LogP contribution in [-0.2, 0) is 4.74 Å². The summed E-state index contributed by atoms with van der Waals surface area (Å²) in [7, 11) is 1.56. The number of hydrogen-bond donors (Lipinski definition) is 0. The van der Waals surface area contributed by atoms with Crippen molar-refractivity contribution in [3.05, 3.63) is 71.5 Å². The number of carbonyl (C=O) groups excluding carboxylic acids is 2. The van der Waals surface area contributed by atoms with E-state index in [1.165, 1.54) is 6.07 Å². The quantitative estimate of drug-likeness (QED) is 0.410. The van der Waals surface area contributed by atoms with Crippen molar-refractivity contribution in [3.63, 3.8) is 0 Å². The Morgan fingerprint density at radius 1 is 1.21 bits per heavy atom.